The van der Waals surface area contributed by atoms with Crippen molar-refractivity contribution in [1.29, 1.82) is 0 Å². The molecule has 1 aromatic rings. The summed E-state index contributed by atoms with van der Waals surface area (Å²) in [5.41, 5.74) is 3.71. The van der Waals surface area contributed by atoms with E-state index in [4.69, 9.17) is 10.9 Å². The monoisotopic (exact) mass is 309 g/mol. The minimum atomic E-state index is -4.41. The minimum absolute atomic E-state index is 0.0279. The zero-order valence-corrected chi connectivity index (χ0v) is 11.4. The fourth-order valence-corrected chi connectivity index (χ4v) is 2.83. The summed E-state index contributed by atoms with van der Waals surface area (Å²) in [6.07, 6.45) is -4.53. The zero-order chi connectivity index (χ0) is 15.3. The number of nitrogen functional groups attached to an aromatic ring is 1. The van der Waals surface area contributed by atoms with Gasteiger partial charge in [0, 0.05) is 11.4 Å². The molecule has 0 aromatic heterocycles. The minimum Gasteiger partial charge on any atom is -0.399 e. The molecule has 0 saturated heterocycles. The van der Waals surface area contributed by atoms with Crippen LogP contribution in [0, 0.1) is 6.92 Å². The molecular formula is C11H14F3N3O2S. The van der Waals surface area contributed by atoms with Crippen LogP contribution in [0.4, 0.5) is 24.5 Å². The number of sulfonamides is 1. The van der Waals surface area contributed by atoms with Crippen molar-refractivity contribution in [2.45, 2.75) is 36.4 Å². The van der Waals surface area contributed by atoms with Crippen molar-refractivity contribution in [1.82, 2.24) is 0 Å². The quantitative estimate of drug-likeness (QED) is 0.741. The Bertz CT molecular complexity index is 652. The van der Waals surface area contributed by atoms with E-state index in [2.05, 4.69) is 5.32 Å². The number of halogens is 3. The van der Waals surface area contributed by atoms with Crippen molar-refractivity contribution in [2.24, 2.45) is 5.14 Å². The average Bonchev–Trinajstić information content (AvgIpc) is 3.01. The summed E-state index contributed by atoms with van der Waals surface area (Å²) >= 11 is 0. The zero-order valence-electron chi connectivity index (χ0n) is 10.6. The first-order valence-corrected chi connectivity index (χ1v) is 7.29. The van der Waals surface area contributed by atoms with Gasteiger partial charge in [-0.25, -0.2) is 13.6 Å². The van der Waals surface area contributed by atoms with Crippen LogP contribution < -0.4 is 16.2 Å². The maximum atomic E-state index is 12.9. The maximum absolute atomic E-state index is 12.9. The van der Waals surface area contributed by atoms with Gasteiger partial charge in [-0.3, -0.25) is 0 Å². The Balaban J connectivity index is 2.47. The lowest BCUT2D eigenvalue weighted by molar-refractivity contribution is -0.151. The largest absolute Gasteiger partial charge is 0.411 e. The molecule has 0 aliphatic heterocycles. The molecule has 0 heterocycles. The number of hydrogen-bond donors (Lipinski definition) is 3. The standard InChI is InChI=1S/C11H14F3N3O2S/c1-6-8(17-10(2-3-10)11(12,13)14)4-7(15)5-9(6)20(16,18)19/h4-5,17H,2-3,15H2,1H3,(H2,16,18,19). The molecule has 2 rings (SSSR count). The molecule has 0 amide bonds. The fraction of sp³-hybridized carbons (Fsp3) is 0.455. The molecule has 0 radical (unpaired) electrons. The normalized spacial score (nSPS) is 17.9. The van der Waals surface area contributed by atoms with Gasteiger partial charge in [-0.2, -0.15) is 13.2 Å². The molecule has 1 aliphatic rings. The van der Waals surface area contributed by atoms with Crippen molar-refractivity contribution >= 4 is 21.4 Å². The second-order valence-corrected chi connectivity index (χ2v) is 6.47. The molecule has 0 spiro atoms. The summed E-state index contributed by atoms with van der Waals surface area (Å²) in [4.78, 5) is -0.280. The molecule has 5 nitrogen and oxygen atoms in total. The van der Waals surface area contributed by atoms with Crippen molar-refractivity contribution in [3.63, 3.8) is 0 Å². The first-order chi connectivity index (χ1) is 8.96. The number of primary sulfonamides is 1. The van der Waals surface area contributed by atoms with Crippen LogP contribution in [0.25, 0.3) is 0 Å². The average molecular weight is 309 g/mol. The van der Waals surface area contributed by atoms with Crippen LogP contribution in [0.15, 0.2) is 17.0 Å². The van der Waals surface area contributed by atoms with E-state index in [9.17, 15) is 21.6 Å². The van der Waals surface area contributed by atoms with Crippen LogP contribution in [-0.2, 0) is 10.0 Å². The Morgan fingerprint density at radius 3 is 2.25 bits per heavy atom. The van der Waals surface area contributed by atoms with Gasteiger partial charge in [-0.05, 0) is 37.5 Å². The molecule has 1 fully saturated rings. The lowest BCUT2D eigenvalue weighted by Crippen LogP contribution is -2.39. The van der Waals surface area contributed by atoms with Gasteiger partial charge in [0.05, 0.1) is 4.90 Å². The molecule has 112 valence electrons. The first kappa shape index (κ1) is 14.9. The van der Waals surface area contributed by atoms with Crippen LogP contribution in [0.3, 0.4) is 0 Å². The molecular weight excluding hydrogens is 295 g/mol. The Labute approximate surface area is 114 Å². The summed E-state index contributed by atoms with van der Waals surface area (Å²) in [6.45, 7) is 1.38. The highest BCUT2D eigenvalue weighted by Crippen LogP contribution is 2.51. The van der Waals surface area contributed by atoms with Crippen LogP contribution >= 0.6 is 0 Å². The number of benzene rings is 1. The topological polar surface area (TPSA) is 98.2 Å². The third-order valence-electron chi connectivity index (χ3n) is 3.36. The summed E-state index contributed by atoms with van der Waals surface area (Å²) in [5.74, 6) is 0. The molecule has 9 heteroatoms. The van der Waals surface area contributed by atoms with Gasteiger partial charge in [0.2, 0.25) is 10.0 Å². The lowest BCUT2D eigenvalue weighted by atomic mass is 10.1. The molecule has 1 aromatic carbocycles. The Morgan fingerprint density at radius 1 is 1.30 bits per heavy atom. The van der Waals surface area contributed by atoms with Gasteiger partial charge in [0.15, 0.2) is 0 Å². The van der Waals surface area contributed by atoms with Crippen molar-refractivity contribution < 1.29 is 21.6 Å². The predicted octanol–water partition coefficient (Wildman–Crippen LogP) is 1.73. The summed E-state index contributed by atoms with van der Waals surface area (Å²) in [7, 11) is -4.05. The molecule has 1 aliphatic carbocycles. The van der Waals surface area contributed by atoms with Gasteiger partial charge in [-0.1, -0.05) is 0 Å². The number of anilines is 2. The van der Waals surface area contributed by atoms with E-state index in [1.54, 1.807) is 0 Å². The van der Waals surface area contributed by atoms with E-state index in [1.807, 2.05) is 0 Å². The molecule has 20 heavy (non-hydrogen) atoms. The molecule has 5 N–H and O–H groups in total. The van der Waals surface area contributed by atoms with Crippen LogP contribution in [0.1, 0.15) is 18.4 Å². The van der Waals surface area contributed by atoms with Gasteiger partial charge >= 0.3 is 6.18 Å². The third-order valence-corrected chi connectivity index (χ3v) is 4.39. The van der Waals surface area contributed by atoms with E-state index in [-0.39, 0.29) is 34.7 Å². The van der Waals surface area contributed by atoms with Crippen molar-refractivity contribution in [2.75, 3.05) is 11.1 Å². The number of nitrogens with one attached hydrogen (secondary N) is 1. The summed E-state index contributed by atoms with van der Waals surface area (Å²) in [5, 5.41) is 7.39. The number of hydrogen-bond acceptors (Lipinski definition) is 4. The number of nitrogens with two attached hydrogens (primary N) is 2. The van der Waals surface area contributed by atoms with Crippen LogP contribution in [0.5, 0.6) is 0 Å². The van der Waals surface area contributed by atoms with E-state index in [1.165, 1.54) is 13.0 Å². The first-order valence-electron chi connectivity index (χ1n) is 5.74. The Kier molecular flexibility index (Phi) is 3.17. The second kappa shape index (κ2) is 4.26. The van der Waals surface area contributed by atoms with Gasteiger partial charge in [0.1, 0.15) is 5.54 Å². The van der Waals surface area contributed by atoms with E-state index in [0.29, 0.717) is 0 Å². The lowest BCUT2D eigenvalue weighted by Gasteiger charge is -2.24. The highest BCUT2D eigenvalue weighted by atomic mass is 32.2. The van der Waals surface area contributed by atoms with E-state index >= 15 is 0 Å². The van der Waals surface area contributed by atoms with Crippen LogP contribution in [-0.4, -0.2) is 20.1 Å². The SMILES string of the molecule is Cc1c(NC2(C(F)(F)F)CC2)cc(N)cc1S(N)(=O)=O. The van der Waals surface area contributed by atoms with Crippen molar-refractivity contribution in [3.8, 4) is 0 Å². The van der Waals surface area contributed by atoms with Crippen molar-refractivity contribution in [3.05, 3.63) is 17.7 Å². The molecule has 0 atom stereocenters. The predicted molar refractivity (Wildman–Crippen MR) is 68.6 cm³/mol. The van der Waals surface area contributed by atoms with E-state index in [0.717, 1.165) is 6.07 Å². The fourth-order valence-electron chi connectivity index (χ4n) is 2.00. The summed E-state index contributed by atoms with van der Waals surface area (Å²) < 4.78 is 61.6. The highest BCUT2D eigenvalue weighted by Gasteiger charge is 2.63. The third kappa shape index (κ3) is 2.55. The Morgan fingerprint density at radius 2 is 1.85 bits per heavy atom. The van der Waals surface area contributed by atoms with Gasteiger partial charge < -0.3 is 11.1 Å². The number of rotatable bonds is 3. The smallest absolute Gasteiger partial charge is 0.399 e. The van der Waals surface area contributed by atoms with Gasteiger partial charge in [0.25, 0.3) is 0 Å². The van der Waals surface area contributed by atoms with Crippen LogP contribution in [0.2, 0.25) is 0 Å². The molecule has 0 unspecified atom stereocenters. The van der Waals surface area contributed by atoms with Gasteiger partial charge in [-0.15, -0.1) is 0 Å². The van der Waals surface area contributed by atoms with E-state index < -0.39 is 21.7 Å². The highest BCUT2D eigenvalue weighted by molar-refractivity contribution is 7.89. The summed E-state index contributed by atoms with van der Waals surface area (Å²) in [6, 6.07) is 2.40. The number of alkyl halides is 3. The second-order valence-electron chi connectivity index (χ2n) is 4.94. The molecule has 0 bridgehead atoms. The maximum Gasteiger partial charge on any atom is 0.411 e. The molecule has 1 saturated carbocycles. The Hall–Kier alpha value is -1.48.